The molecule has 1 saturated heterocycles. The summed E-state index contributed by atoms with van der Waals surface area (Å²) < 4.78 is 23.0. The molecule has 2 aromatic rings. The van der Waals surface area contributed by atoms with Gasteiger partial charge >= 0.3 is 0 Å². The first-order chi connectivity index (χ1) is 13.7. The third-order valence-corrected chi connectivity index (χ3v) is 6.15. The molecule has 3 aliphatic rings. The second kappa shape index (κ2) is 6.78. The number of hydrogen-bond acceptors (Lipinski definition) is 6. The minimum Gasteiger partial charge on any atom is -0.504 e. The van der Waals surface area contributed by atoms with E-state index in [0.717, 1.165) is 35.7 Å². The fourth-order valence-corrected chi connectivity index (χ4v) is 4.78. The minimum atomic E-state index is -0.0500. The summed E-state index contributed by atoms with van der Waals surface area (Å²) in [6, 6.07) is 9.60. The highest BCUT2D eigenvalue weighted by Gasteiger charge is 2.42. The first-order valence-corrected chi connectivity index (χ1v) is 9.87. The van der Waals surface area contributed by atoms with Crippen LogP contribution in [-0.2, 0) is 0 Å². The van der Waals surface area contributed by atoms with Crippen LogP contribution >= 0.6 is 0 Å². The number of ether oxygens (including phenoxy) is 4. The Labute approximate surface area is 164 Å². The summed E-state index contributed by atoms with van der Waals surface area (Å²) >= 11 is 0. The number of phenolic OH excluding ortho intramolecular Hbond substituents is 1. The summed E-state index contributed by atoms with van der Waals surface area (Å²) in [5.74, 6) is 3.00. The second-order valence-electron chi connectivity index (χ2n) is 7.73. The number of rotatable bonds is 3. The molecule has 3 atom stereocenters. The van der Waals surface area contributed by atoms with Crippen LogP contribution in [-0.4, -0.2) is 43.2 Å². The minimum absolute atomic E-state index is 0.0426. The predicted molar refractivity (Wildman–Crippen MR) is 103 cm³/mol. The Morgan fingerprint density at radius 2 is 1.79 bits per heavy atom. The third-order valence-electron chi connectivity index (χ3n) is 6.15. The Morgan fingerprint density at radius 3 is 2.54 bits per heavy atom. The van der Waals surface area contributed by atoms with Crippen LogP contribution in [0.25, 0.3) is 0 Å². The van der Waals surface area contributed by atoms with Gasteiger partial charge in [0.2, 0.25) is 6.79 Å². The average Bonchev–Trinajstić information content (AvgIpc) is 3.38. The molecular formula is C22H25NO5. The van der Waals surface area contributed by atoms with Gasteiger partial charge in [0.05, 0.1) is 7.11 Å². The molecule has 0 saturated carbocycles. The molecular weight excluding hydrogens is 358 g/mol. The van der Waals surface area contributed by atoms with Gasteiger partial charge in [-0.3, -0.25) is 4.90 Å². The maximum Gasteiger partial charge on any atom is 0.231 e. The summed E-state index contributed by atoms with van der Waals surface area (Å²) in [7, 11) is 1.57. The van der Waals surface area contributed by atoms with E-state index in [1.807, 2.05) is 24.3 Å². The summed E-state index contributed by atoms with van der Waals surface area (Å²) in [4.78, 5) is 2.41. The molecule has 0 radical (unpaired) electrons. The van der Waals surface area contributed by atoms with Gasteiger partial charge in [-0.05, 0) is 25.0 Å². The number of nitrogens with zero attached hydrogens (tertiary/aromatic N) is 1. The Kier molecular flexibility index (Phi) is 4.23. The van der Waals surface area contributed by atoms with Crippen molar-refractivity contribution in [2.75, 3.05) is 27.0 Å². The molecule has 1 fully saturated rings. The molecule has 148 valence electrons. The van der Waals surface area contributed by atoms with Crippen molar-refractivity contribution in [1.29, 1.82) is 0 Å². The zero-order chi connectivity index (χ0) is 19.3. The molecule has 28 heavy (non-hydrogen) atoms. The predicted octanol–water partition coefficient (Wildman–Crippen LogP) is 3.71. The lowest BCUT2D eigenvalue weighted by molar-refractivity contribution is -0.0180. The van der Waals surface area contributed by atoms with Crippen LogP contribution in [0.4, 0.5) is 0 Å². The van der Waals surface area contributed by atoms with Crippen molar-refractivity contribution in [2.45, 2.75) is 31.9 Å². The number of aromatic hydroxyl groups is 1. The molecule has 6 heteroatoms. The molecule has 0 amide bonds. The van der Waals surface area contributed by atoms with Gasteiger partial charge < -0.3 is 24.1 Å². The molecule has 0 aliphatic carbocycles. The number of methoxy groups -OCH3 is 1. The fraction of sp³-hybridized carbons (Fsp3) is 0.455. The first kappa shape index (κ1) is 17.5. The number of hydrogen-bond donors (Lipinski definition) is 1. The van der Waals surface area contributed by atoms with Gasteiger partial charge in [-0.15, -0.1) is 0 Å². The molecule has 1 N–H and O–H groups in total. The normalized spacial score (nSPS) is 26.0. The zero-order valence-corrected chi connectivity index (χ0v) is 16.2. The van der Waals surface area contributed by atoms with Crippen molar-refractivity contribution in [2.24, 2.45) is 5.92 Å². The van der Waals surface area contributed by atoms with Crippen molar-refractivity contribution in [3.8, 4) is 28.7 Å². The lowest BCUT2D eigenvalue weighted by Crippen LogP contribution is -2.47. The van der Waals surface area contributed by atoms with Crippen LogP contribution in [0, 0.1) is 5.92 Å². The molecule has 0 aromatic heterocycles. The van der Waals surface area contributed by atoms with Crippen molar-refractivity contribution in [3.05, 3.63) is 41.5 Å². The first-order valence-electron chi connectivity index (χ1n) is 9.87. The van der Waals surface area contributed by atoms with E-state index in [9.17, 15) is 5.11 Å². The van der Waals surface area contributed by atoms with Crippen molar-refractivity contribution < 1.29 is 24.1 Å². The third kappa shape index (κ3) is 2.66. The topological polar surface area (TPSA) is 60.4 Å². The van der Waals surface area contributed by atoms with E-state index in [4.69, 9.17) is 18.9 Å². The van der Waals surface area contributed by atoms with E-state index in [1.54, 1.807) is 13.2 Å². The SMILES string of the molecule is COc1cccc([C@@H]2c3cc4c(cc3O[C@H](N3CCCC3)[C@@H]2C)OCO4)c1O. The average molecular weight is 383 g/mol. The van der Waals surface area contributed by atoms with E-state index in [1.165, 1.54) is 12.8 Å². The van der Waals surface area contributed by atoms with Crippen LogP contribution in [0.5, 0.6) is 28.7 Å². The van der Waals surface area contributed by atoms with Crippen LogP contribution in [0.15, 0.2) is 30.3 Å². The molecule has 0 bridgehead atoms. The standard InChI is InChI=1S/C22H25NO5/c1-13-20(14-6-5-7-16(25-2)21(14)24)15-10-18-19(27-12-26-18)11-17(15)28-22(13)23-8-3-4-9-23/h5-7,10-11,13,20,22,24H,3-4,8-9,12H2,1-2H3/t13-,20-,22+/m1/s1. The Bertz CT molecular complexity index is 893. The van der Waals surface area contributed by atoms with Gasteiger partial charge in [-0.2, -0.15) is 0 Å². The van der Waals surface area contributed by atoms with Gasteiger partial charge in [0.1, 0.15) is 5.75 Å². The number of phenols is 1. The number of benzene rings is 2. The van der Waals surface area contributed by atoms with Crippen LogP contribution < -0.4 is 18.9 Å². The molecule has 0 unspecified atom stereocenters. The Balaban J connectivity index is 1.65. The highest BCUT2D eigenvalue weighted by Crippen LogP contribution is 2.52. The van der Waals surface area contributed by atoms with Gasteiger partial charge in [0.15, 0.2) is 29.2 Å². The maximum atomic E-state index is 10.9. The van der Waals surface area contributed by atoms with Gasteiger partial charge in [0, 0.05) is 42.1 Å². The summed E-state index contributed by atoms with van der Waals surface area (Å²) in [5.41, 5.74) is 1.86. The van der Waals surface area contributed by atoms with E-state index in [-0.39, 0.29) is 30.6 Å². The number of likely N-dealkylation sites (tertiary alicyclic amines) is 1. The maximum absolute atomic E-state index is 10.9. The monoisotopic (exact) mass is 383 g/mol. The molecule has 0 spiro atoms. The fourth-order valence-electron chi connectivity index (χ4n) is 4.78. The van der Waals surface area contributed by atoms with Crippen LogP contribution in [0.2, 0.25) is 0 Å². The second-order valence-corrected chi connectivity index (χ2v) is 7.73. The summed E-state index contributed by atoms with van der Waals surface area (Å²) in [5, 5.41) is 10.9. The quantitative estimate of drug-likeness (QED) is 0.872. The molecule has 3 aliphatic heterocycles. The lowest BCUT2D eigenvalue weighted by Gasteiger charge is -2.42. The summed E-state index contributed by atoms with van der Waals surface area (Å²) in [6.07, 6.45) is 2.33. The van der Waals surface area contributed by atoms with Crippen LogP contribution in [0.1, 0.15) is 36.8 Å². The van der Waals surface area contributed by atoms with Gasteiger partial charge in [-0.25, -0.2) is 0 Å². The van der Waals surface area contributed by atoms with Crippen molar-refractivity contribution in [1.82, 2.24) is 4.90 Å². The lowest BCUT2D eigenvalue weighted by atomic mass is 9.77. The van der Waals surface area contributed by atoms with Gasteiger partial charge in [0.25, 0.3) is 0 Å². The number of para-hydroxylation sites is 1. The summed E-state index contributed by atoms with van der Waals surface area (Å²) in [6.45, 7) is 4.48. The highest BCUT2D eigenvalue weighted by atomic mass is 16.7. The smallest absolute Gasteiger partial charge is 0.231 e. The van der Waals surface area contributed by atoms with Crippen LogP contribution in [0.3, 0.4) is 0 Å². The molecule has 3 heterocycles. The van der Waals surface area contributed by atoms with Gasteiger partial charge in [-0.1, -0.05) is 19.1 Å². The van der Waals surface area contributed by atoms with E-state index in [2.05, 4.69) is 11.8 Å². The Morgan fingerprint density at radius 1 is 1.04 bits per heavy atom. The van der Waals surface area contributed by atoms with Crippen molar-refractivity contribution in [3.63, 3.8) is 0 Å². The van der Waals surface area contributed by atoms with E-state index >= 15 is 0 Å². The number of fused-ring (bicyclic) bond motifs is 2. The largest absolute Gasteiger partial charge is 0.504 e. The van der Waals surface area contributed by atoms with E-state index in [0.29, 0.717) is 11.5 Å². The Hall–Kier alpha value is -2.60. The molecule has 2 aromatic carbocycles. The zero-order valence-electron chi connectivity index (χ0n) is 16.2. The highest BCUT2D eigenvalue weighted by molar-refractivity contribution is 5.59. The molecule has 6 nitrogen and oxygen atoms in total. The van der Waals surface area contributed by atoms with E-state index < -0.39 is 0 Å². The van der Waals surface area contributed by atoms with Crippen molar-refractivity contribution >= 4 is 0 Å². The molecule has 5 rings (SSSR count).